The SMILES string of the molecule is COC[C@@H]1CCO[C@H]([C]2[CH][CH][CH][C]2COC[C]2[CH][CH][CH][CH]2)O1. The Balaban J connectivity index is 1.43. The Hall–Kier alpha value is -0.160. The van der Waals surface area contributed by atoms with Gasteiger partial charge in [0, 0.05) is 24.9 Å². The van der Waals surface area contributed by atoms with Crippen molar-refractivity contribution in [3.05, 3.63) is 62.7 Å². The lowest BCUT2D eigenvalue weighted by Gasteiger charge is -2.35. The molecule has 1 saturated heterocycles. The first-order valence-electron chi connectivity index (χ1n) is 7.65. The average Bonchev–Trinajstić information content (AvgIpc) is 3.19. The highest BCUT2D eigenvalue weighted by Crippen LogP contribution is 2.39. The summed E-state index contributed by atoms with van der Waals surface area (Å²) in [5, 5.41) is 0. The fraction of sp³-hybridized carbons (Fsp3) is 0.444. The maximum Gasteiger partial charge on any atom is 0.165 e. The predicted molar refractivity (Wildman–Crippen MR) is 81.8 cm³/mol. The van der Waals surface area contributed by atoms with Crippen LogP contribution in [-0.2, 0) is 18.9 Å². The summed E-state index contributed by atoms with van der Waals surface area (Å²) in [5.41, 5.74) is 0. The van der Waals surface area contributed by atoms with Gasteiger partial charge >= 0.3 is 0 Å². The number of rotatable bonds is 7. The van der Waals surface area contributed by atoms with Gasteiger partial charge in [0.2, 0.25) is 0 Å². The zero-order chi connectivity index (χ0) is 15.2. The minimum Gasteiger partial charge on any atom is -0.382 e. The second kappa shape index (κ2) is 8.62. The van der Waals surface area contributed by atoms with Gasteiger partial charge in [0.05, 0.1) is 32.5 Å². The van der Waals surface area contributed by atoms with Crippen molar-refractivity contribution in [2.24, 2.45) is 0 Å². The summed E-state index contributed by atoms with van der Waals surface area (Å²) < 4.78 is 22.7. The molecule has 2 aliphatic carbocycles. The van der Waals surface area contributed by atoms with Crippen molar-refractivity contribution < 1.29 is 18.9 Å². The quantitative estimate of drug-likeness (QED) is 0.720. The Labute approximate surface area is 134 Å². The standard InChI is InChI=1S/C18H22O4/c1-19-13-16-9-10-21-18(22-16)17-8-4-7-15(17)12-20-11-14-5-2-3-6-14/h2-8,16,18H,9-13H2,1H3/t16-,18-/m0/s1. The molecule has 0 amide bonds. The molecule has 0 spiro atoms. The zero-order valence-corrected chi connectivity index (χ0v) is 12.9. The van der Waals surface area contributed by atoms with Gasteiger partial charge < -0.3 is 18.9 Å². The van der Waals surface area contributed by atoms with E-state index in [1.807, 2.05) is 25.7 Å². The summed E-state index contributed by atoms with van der Waals surface area (Å²) in [6, 6.07) is 0. The number of hydrogen-bond acceptors (Lipinski definition) is 4. The molecular weight excluding hydrogens is 280 g/mol. The van der Waals surface area contributed by atoms with Crippen LogP contribution in [0.25, 0.3) is 0 Å². The van der Waals surface area contributed by atoms with E-state index in [9.17, 15) is 0 Å². The van der Waals surface area contributed by atoms with E-state index in [1.54, 1.807) is 7.11 Å². The Morgan fingerprint density at radius 2 is 1.95 bits per heavy atom. The minimum atomic E-state index is -0.318. The maximum absolute atomic E-state index is 5.96. The van der Waals surface area contributed by atoms with Crippen molar-refractivity contribution in [3.8, 4) is 0 Å². The molecule has 4 nitrogen and oxygen atoms in total. The van der Waals surface area contributed by atoms with Gasteiger partial charge in [-0.3, -0.25) is 0 Å². The van der Waals surface area contributed by atoms with Gasteiger partial charge in [0.15, 0.2) is 6.29 Å². The molecule has 1 aliphatic heterocycles. The summed E-state index contributed by atoms with van der Waals surface area (Å²) in [7, 11) is 1.69. The van der Waals surface area contributed by atoms with Crippen LogP contribution in [0.15, 0.2) is 0 Å². The summed E-state index contributed by atoms with van der Waals surface area (Å²) in [6.07, 6.45) is 14.9. The molecule has 0 aromatic carbocycles. The largest absolute Gasteiger partial charge is 0.382 e. The second-order valence-corrected chi connectivity index (χ2v) is 5.50. The fourth-order valence-corrected chi connectivity index (χ4v) is 2.68. The molecule has 3 aliphatic rings. The van der Waals surface area contributed by atoms with Gasteiger partial charge in [-0.05, 0) is 51.4 Å². The van der Waals surface area contributed by atoms with Crippen molar-refractivity contribution in [1.29, 1.82) is 0 Å². The molecule has 0 unspecified atom stereocenters. The normalized spacial score (nSPS) is 32.0. The van der Waals surface area contributed by atoms with E-state index < -0.39 is 0 Å². The lowest BCUT2D eigenvalue weighted by molar-refractivity contribution is -0.210. The number of hydrogen-bond donors (Lipinski definition) is 0. The maximum atomic E-state index is 5.96. The molecule has 0 aromatic rings. The van der Waals surface area contributed by atoms with Crippen LogP contribution >= 0.6 is 0 Å². The van der Waals surface area contributed by atoms with E-state index in [1.165, 1.54) is 5.92 Å². The van der Waals surface area contributed by atoms with E-state index in [-0.39, 0.29) is 12.4 Å². The Morgan fingerprint density at radius 3 is 2.77 bits per heavy atom. The van der Waals surface area contributed by atoms with Gasteiger partial charge in [0.1, 0.15) is 0 Å². The molecule has 118 valence electrons. The van der Waals surface area contributed by atoms with Crippen LogP contribution in [0.4, 0.5) is 0 Å². The molecule has 2 atom stereocenters. The van der Waals surface area contributed by atoms with Gasteiger partial charge in [-0.25, -0.2) is 0 Å². The molecule has 1 heterocycles. The number of methoxy groups -OCH3 is 1. The fourth-order valence-electron chi connectivity index (χ4n) is 2.68. The lowest BCUT2D eigenvalue weighted by Crippen LogP contribution is -2.39. The third-order valence-corrected chi connectivity index (χ3v) is 3.83. The van der Waals surface area contributed by atoms with Crippen LogP contribution < -0.4 is 0 Å². The van der Waals surface area contributed by atoms with Crippen molar-refractivity contribution >= 4 is 0 Å². The third kappa shape index (κ3) is 4.44. The summed E-state index contributed by atoms with van der Waals surface area (Å²) in [4.78, 5) is 0. The van der Waals surface area contributed by atoms with E-state index >= 15 is 0 Å². The topological polar surface area (TPSA) is 36.9 Å². The van der Waals surface area contributed by atoms with Crippen molar-refractivity contribution in [3.63, 3.8) is 0 Å². The molecule has 3 fully saturated rings. The van der Waals surface area contributed by atoms with Gasteiger partial charge in [0.25, 0.3) is 0 Å². The van der Waals surface area contributed by atoms with Crippen molar-refractivity contribution in [1.82, 2.24) is 0 Å². The first kappa shape index (κ1) is 16.7. The monoisotopic (exact) mass is 302 g/mol. The summed E-state index contributed by atoms with van der Waals surface area (Å²) in [6.45, 7) is 2.48. The van der Waals surface area contributed by atoms with Gasteiger partial charge in [-0.1, -0.05) is 0 Å². The van der Waals surface area contributed by atoms with E-state index in [0.717, 1.165) is 18.3 Å². The molecule has 4 heteroatoms. The summed E-state index contributed by atoms with van der Waals surface area (Å²) in [5.74, 6) is 3.37. The average molecular weight is 302 g/mol. The highest BCUT2D eigenvalue weighted by molar-refractivity contribution is 5.45. The van der Waals surface area contributed by atoms with Crippen LogP contribution in [0.1, 0.15) is 6.42 Å². The molecule has 0 bridgehead atoms. The molecule has 3 rings (SSSR count). The third-order valence-electron chi connectivity index (χ3n) is 3.83. The molecule has 10 radical (unpaired) electrons. The molecule has 22 heavy (non-hydrogen) atoms. The molecule has 2 saturated carbocycles. The molecule has 0 aromatic heterocycles. The molecular formula is C18H22O4. The van der Waals surface area contributed by atoms with Gasteiger partial charge in [-0.15, -0.1) is 0 Å². The van der Waals surface area contributed by atoms with E-state index in [0.29, 0.717) is 26.4 Å². The molecule has 0 N–H and O–H groups in total. The highest BCUT2D eigenvalue weighted by Gasteiger charge is 2.39. The zero-order valence-electron chi connectivity index (χ0n) is 12.9. The first-order valence-corrected chi connectivity index (χ1v) is 7.65. The predicted octanol–water partition coefficient (Wildman–Crippen LogP) is 1.96. The van der Waals surface area contributed by atoms with Crippen LogP contribution in [0.2, 0.25) is 0 Å². The van der Waals surface area contributed by atoms with Crippen LogP contribution in [0, 0.1) is 62.7 Å². The van der Waals surface area contributed by atoms with Crippen molar-refractivity contribution in [2.75, 3.05) is 33.5 Å². The summed E-state index contributed by atoms with van der Waals surface area (Å²) >= 11 is 0. The van der Waals surface area contributed by atoms with Crippen LogP contribution in [0.5, 0.6) is 0 Å². The highest BCUT2D eigenvalue weighted by atomic mass is 16.7. The number of ether oxygens (including phenoxy) is 4. The van der Waals surface area contributed by atoms with E-state index in [2.05, 4.69) is 19.3 Å². The van der Waals surface area contributed by atoms with Crippen LogP contribution in [-0.4, -0.2) is 45.9 Å². The first-order chi connectivity index (χ1) is 10.9. The van der Waals surface area contributed by atoms with Crippen molar-refractivity contribution in [2.45, 2.75) is 18.8 Å². The Bertz CT molecular complexity index is 314. The van der Waals surface area contributed by atoms with Crippen LogP contribution in [0.3, 0.4) is 0 Å². The Kier molecular flexibility index (Phi) is 6.54. The van der Waals surface area contributed by atoms with Gasteiger partial charge in [-0.2, -0.15) is 0 Å². The second-order valence-electron chi connectivity index (χ2n) is 5.50. The van der Waals surface area contributed by atoms with E-state index in [4.69, 9.17) is 18.9 Å². The smallest absolute Gasteiger partial charge is 0.165 e. The lowest BCUT2D eigenvalue weighted by atomic mass is 9.95. The minimum absolute atomic E-state index is 0.0942. The Morgan fingerprint density at radius 1 is 1.09 bits per heavy atom.